The Hall–Kier alpha value is -5.09. The predicted octanol–water partition coefficient (Wildman–Crippen LogP) is 2.12. The van der Waals surface area contributed by atoms with Crippen molar-refractivity contribution >= 4 is 35.7 Å². The molecule has 0 aliphatic heterocycles. The Morgan fingerprint density at radius 3 is 1.97 bits per heavy atom. The molecule has 0 bridgehead atoms. The van der Waals surface area contributed by atoms with Crippen LogP contribution in [0, 0.1) is 5.41 Å². The van der Waals surface area contributed by atoms with Crippen molar-refractivity contribution in [3.05, 3.63) is 53.5 Å². The van der Waals surface area contributed by atoms with Crippen molar-refractivity contribution in [1.82, 2.24) is 10.2 Å². The number of carboxylic acids is 3. The number of nitrogens with zero attached hydrogens (tertiary/aromatic N) is 1. The van der Waals surface area contributed by atoms with Gasteiger partial charge in [0.2, 0.25) is 5.76 Å². The van der Waals surface area contributed by atoms with Crippen LogP contribution in [0.4, 0.5) is 18.0 Å². The molecule has 1 heterocycles. The molecule has 1 atom stereocenters. The zero-order valence-corrected chi connectivity index (χ0v) is 20.6. The fourth-order valence-electron chi connectivity index (χ4n) is 2.10. The summed E-state index contributed by atoms with van der Waals surface area (Å²) in [6, 6.07) is 7.38. The van der Waals surface area contributed by atoms with E-state index in [1.807, 2.05) is 0 Å². The van der Waals surface area contributed by atoms with Gasteiger partial charge < -0.3 is 40.4 Å². The number of hydrogen-bond acceptors (Lipinski definition) is 8. The molecule has 1 aromatic heterocycles. The Labute approximate surface area is 218 Å². The second-order valence-electron chi connectivity index (χ2n) is 7.28. The monoisotopic (exact) mass is 562 g/mol. The molecule has 1 unspecified atom stereocenters. The summed E-state index contributed by atoms with van der Waals surface area (Å²) < 4.78 is 42.3. The molecule has 0 saturated heterocycles. The highest BCUT2D eigenvalue weighted by molar-refractivity contribution is 5.95. The zero-order chi connectivity index (χ0) is 30.5. The first kappa shape index (κ1) is 33.9. The average molecular weight is 562 g/mol. The van der Waals surface area contributed by atoms with E-state index < -0.39 is 42.1 Å². The third-order valence-electron chi connectivity index (χ3n) is 3.93. The van der Waals surface area contributed by atoms with Gasteiger partial charge in [0.15, 0.2) is 0 Å². The lowest BCUT2D eigenvalue weighted by Gasteiger charge is -2.18. The van der Waals surface area contributed by atoms with Crippen LogP contribution in [0.25, 0.3) is 0 Å². The summed E-state index contributed by atoms with van der Waals surface area (Å²) in [6.45, 7) is 2.46. The van der Waals surface area contributed by atoms with Gasteiger partial charge in [-0.15, -0.1) is 0 Å². The second-order valence-corrected chi connectivity index (χ2v) is 7.28. The van der Waals surface area contributed by atoms with E-state index in [1.54, 1.807) is 12.1 Å². The topological polar surface area (TPSA) is 234 Å². The Balaban J connectivity index is 0.00000111. The number of nitrogen functional groups attached to an aromatic ring is 1. The molecular formula is C22H25F3N4O10. The quantitative estimate of drug-likeness (QED) is 0.124. The summed E-state index contributed by atoms with van der Waals surface area (Å²) in [5.41, 5.74) is 5.86. The number of ether oxygens (including phenoxy) is 1. The third kappa shape index (κ3) is 13.7. The van der Waals surface area contributed by atoms with Crippen molar-refractivity contribution in [2.24, 2.45) is 5.73 Å². The molecule has 0 spiro atoms. The SMILES string of the molecule is CC(=O)O.CC(NC(=O)N(C)Cc1ccc(C(=O)Oc2ccc(C(=N)N)cc2)o1)C(=O)O.O=C(O)C(F)(F)F. The van der Waals surface area contributed by atoms with Crippen LogP contribution in [0.15, 0.2) is 40.8 Å². The largest absolute Gasteiger partial charge is 0.490 e. The molecule has 7 N–H and O–H groups in total. The average Bonchev–Trinajstić information content (AvgIpc) is 3.27. The minimum Gasteiger partial charge on any atom is -0.481 e. The number of esters is 1. The first-order valence-electron chi connectivity index (χ1n) is 10.3. The Morgan fingerprint density at radius 2 is 1.56 bits per heavy atom. The molecule has 2 rings (SSSR count). The van der Waals surface area contributed by atoms with E-state index in [0.717, 1.165) is 6.92 Å². The Bertz CT molecular complexity index is 1180. The maximum absolute atomic E-state index is 12.1. The van der Waals surface area contributed by atoms with E-state index in [9.17, 15) is 27.6 Å². The molecule has 14 nitrogen and oxygen atoms in total. The lowest BCUT2D eigenvalue weighted by atomic mass is 10.2. The maximum Gasteiger partial charge on any atom is 0.490 e. The summed E-state index contributed by atoms with van der Waals surface area (Å²) in [7, 11) is 1.46. The van der Waals surface area contributed by atoms with Gasteiger partial charge in [-0.25, -0.2) is 14.4 Å². The highest BCUT2D eigenvalue weighted by Crippen LogP contribution is 2.16. The molecule has 0 saturated carbocycles. The van der Waals surface area contributed by atoms with Gasteiger partial charge in [-0.3, -0.25) is 15.0 Å². The fourth-order valence-corrected chi connectivity index (χ4v) is 2.10. The number of alkyl halides is 3. The van der Waals surface area contributed by atoms with E-state index in [4.69, 9.17) is 45.2 Å². The molecule has 1 aromatic carbocycles. The number of nitrogens with one attached hydrogen (secondary N) is 2. The highest BCUT2D eigenvalue weighted by Gasteiger charge is 2.38. The number of carboxylic acid groups (broad SMARTS) is 3. The number of hydrogen-bond donors (Lipinski definition) is 6. The number of furan rings is 1. The fraction of sp³-hybridized carbons (Fsp3) is 0.273. The smallest absolute Gasteiger partial charge is 0.481 e. The van der Waals surface area contributed by atoms with Gasteiger partial charge in [-0.2, -0.15) is 13.2 Å². The Kier molecular flexibility index (Phi) is 13.2. The summed E-state index contributed by atoms with van der Waals surface area (Å²) in [5.74, 6) is -5.05. The van der Waals surface area contributed by atoms with Gasteiger partial charge in [0.05, 0.1) is 6.54 Å². The number of amides is 2. The molecule has 39 heavy (non-hydrogen) atoms. The van der Waals surface area contributed by atoms with E-state index in [0.29, 0.717) is 11.3 Å². The van der Waals surface area contributed by atoms with E-state index in [-0.39, 0.29) is 23.9 Å². The number of carbonyl (C=O) groups is 5. The first-order chi connectivity index (χ1) is 17.8. The van der Waals surface area contributed by atoms with Gasteiger partial charge in [-0.1, -0.05) is 0 Å². The summed E-state index contributed by atoms with van der Waals surface area (Å²) in [4.78, 5) is 53.9. The molecule has 2 aromatic rings. The van der Waals surface area contributed by atoms with Gasteiger partial charge in [-0.05, 0) is 43.3 Å². The van der Waals surface area contributed by atoms with E-state index in [1.165, 1.54) is 43.1 Å². The van der Waals surface area contributed by atoms with Crippen molar-refractivity contribution in [2.75, 3.05) is 7.05 Å². The predicted molar refractivity (Wildman–Crippen MR) is 125 cm³/mol. The number of carbonyl (C=O) groups excluding carboxylic acids is 2. The van der Waals surface area contributed by atoms with Crippen LogP contribution in [0.3, 0.4) is 0 Å². The highest BCUT2D eigenvalue weighted by atomic mass is 19.4. The number of aliphatic carboxylic acids is 3. The standard InChI is InChI=1S/C18H20N4O6.C2HF3O2.C2H4O2/c1-10(16(23)24)21-18(26)22(2)9-13-7-8-14(27-13)17(25)28-12-5-3-11(4-6-12)15(19)20;3-2(4,5)1(6)7;1-2(3)4/h3-8,10H,9H2,1-2H3,(H3,19,20)(H,21,26)(H,23,24);(H,6,7);1H3,(H,3,4). The number of benzene rings is 1. The van der Waals surface area contributed by atoms with Gasteiger partial charge in [0.25, 0.3) is 5.97 Å². The number of amidine groups is 1. The minimum absolute atomic E-state index is 0.0265. The normalized spacial score (nSPS) is 10.8. The van der Waals surface area contributed by atoms with Gasteiger partial charge in [0, 0.05) is 19.5 Å². The number of urea groups is 1. The van der Waals surface area contributed by atoms with Crippen molar-refractivity contribution < 1.29 is 61.6 Å². The van der Waals surface area contributed by atoms with Crippen LogP contribution in [0.1, 0.15) is 35.7 Å². The van der Waals surface area contributed by atoms with Crippen molar-refractivity contribution in [1.29, 1.82) is 5.41 Å². The molecule has 214 valence electrons. The zero-order valence-electron chi connectivity index (χ0n) is 20.6. The summed E-state index contributed by atoms with van der Waals surface area (Å²) >= 11 is 0. The molecule has 0 aliphatic rings. The van der Waals surface area contributed by atoms with Gasteiger partial charge >= 0.3 is 30.1 Å². The van der Waals surface area contributed by atoms with Crippen LogP contribution < -0.4 is 15.8 Å². The van der Waals surface area contributed by atoms with Crippen LogP contribution in [-0.2, 0) is 20.9 Å². The molecule has 0 fully saturated rings. The van der Waals surface area contributed by atoms with Crippen LogP contribution >= 0.6 is 0 Å². The van der Waals surface area contributed by atoms with Crippen LogP contribution in [0.5, 0.6) is 5.75 Å². The third-order valence-corrected chi connectivity index (χ3v) is 3.93. The molecule has 0 radical (unpaired) electrons. The maximum atomic E-state index is 12.1. The Morgan fingerprint density at radius 1 is 1.08 bits per heavy atom. The van der Waals surface area contributed by atoms with Crippen molar-refractivity contribution in [3.63, 3.8) is 0 Å². The summed E-state index contributed by atoms with van der Waals surface area (Å²) in [6.07, 6.45) is -5.08. The summed E-state index contributed by atoms with van der Waals surface area (Å²) in [5, 5.41) is 33.0. The molecule has 0 aliphatic carbocycles. The molecular weight excluding hydrogens is 537 g/mol. The lowest BCUT2D eigenvalue weighted by Crippen LogP contribution is -2.44. The van der Waals surface area contributed by atoms with E-state index >= 15 is 0 Å². The minimum atomic E-state index is -5.08. The van der Waals surface area contributed by atoms with E-state index in [2.05, 4.69) is 5.32 Å². The second kappa shape index (κ2) is 15.2. The van der Waals surface area contributed by atoms with Gasteiger partial charge in [0.1, 0.15) is 23.4 Å². The number of halogens is 3. The number of nitrogens with two attached hydrogens (primary N) is 1. The number of rotatable bonds is 7. The van der Waals surface area contributed by atoms with Crippen LogP contribution in [0.2, 0.25) is 0 Å². The molecule has 17 heteroatoms. The van der Waals surface area contributed by atoms with Crippen LogP contribution in [-0.4, -0.2) is 75.2 Å². The van der Waals surface area contributed by atoms with Crippen molar-refractivity contribution in [3.8, 4) is 5.75 Å². The first-order valence-corrected chi connectivity index (χ1v) is 10.3. The van der Waals surface area contributed by atoms with Crippen molar-refractivity contribution in [2.45, 2.75) is 32.6 Å². The molecule has 2 amide bonds. The lowest BCUT2D eigenvalue weighted by molar-refractivity contribution is -0.192.